The highest BCUT2D eigenvalue weighted by molar-refractivity contribution is 6.22. The second-order valence-corrected chi connectivity index (χ2v) is 8.41. The van der Waals surface area contributed by atoms with Gasteiger partial charge in [0.25, 0.3) is 0 Å². The summed E-state index contributed by atoms with van der Waals surface area (Å²) in [7, 11) is 0. The Kier molecular flexibility index (Phi) is 4.77. The zero-order chi connectivity index (χ0) is 21.5. The second-order valence-electron chi connectivity index (χ2n) is 8.41. The molecule has 1 saturated carbocycles. The number of anilines is 1. The summed E-state index contributed by atoms with van der Waals surface area (Å²) in [5.74, 6) is -0.370. The fourth-order valence-electron chi connectivity index (χ4n) is 4.71. The van der Waals surface area contributed by atoms with Crippen LogP contribution in [0.4, 0.5) is 5.69 Å². The van der Waals surface area contributed by atoms with Crippen molar-refractivity contribution >= 4 is 34.4 Å². The van der Waals surface area contributed by atoms with Crippen LogP contribution < -0.4 is 9.64 Å². The topological polar surface area (TPSA) is 76.6 Å². The van der Waals surface area contributed by atoms with Crippen LogP contribution in [-0.4, -0.2) is 22.8 Å². The van der Waals surface area contributed by atoms with E-state index in [4.69, 9.17) is 4.74 Å². The lowest BCUT2D eigenvalue weighted by Gasteiger charge is -2.25. The molecule has 2 aliphatic rings. The molecule has 6 heteroatoms. The molecule has 0 spiro atoms. The van der Waals surface area contributed by atoms with Crippen LogP contribution >= 0.6 is 0 Å². The number of benzene rings is 2. The lowest BCUT2D eigenvalue weighted by molar-refractivity contribution is -0.122. The summed E-state index contributed by atoms with van der Waals surface area (Å²) >= 11 is 0. The number of rotatable bonds is 3. The predicted octanol–water partition coefficient (Wildman–Crippen LogP) is 4.38. The third-order valence-corrected chi connectivity index (χ3v) is 6.35. The Balaban J connectivity index is 1.36. The highest BCUT2D eigenvalue weighted by Gasteiger charge is 2.49. The molecule has 0 bridgehead atoms. The highest BCUT2D eigenvalue weighted by Crippen LogP contribution is 2.42. The van der Waals surface area contributed by atoms with E-state index in [0.717, 1.165) is 24.6 Å². The molecule has 2 fully saturated rings. The molecule has 3 atom stereocenters. The number of carbonyl (C=O) groups is 3. The van der Waals surface area contributed by atoms with E-state index < -0.39 is 5.97 Å². The molecule has 3 aromatic rings. The zero-order valence-corrected chi connectivity index (χ0v) is 17.2. The fourth-order valence-corrected chi connectivity index (χ4v) is 4.71. The molecule has 5 rings (SSSR count). The van der Waals surface area contributed by atoms with Crippen molar-refractivity contribution in [3.05, 3.63) is 66.4 Å². The maximum Gasteiger partial charge on any atom is 0.343 e. The van der Waals surface area contributed by atoms with Crippen molar-refractivity contribution < 1.29 is 19.1 Å². The first-order chi connectivity index (χ1) is 15.0. The average Bonchev–Trinajstić information content (AvgIpc) is 3.03. The Morgan fingerprint density at radius 2 is 1.71 bits per heavy atom. The number of imide groups is 1. The van der Waals surface area contributed by atoms with E-state index in [2.05, 4.69) is 11.9 Å². The number of carbonyl (C=O) groups excluding carboxylic acids is 3. The summed E-state index contributed by atoms with van der Waals surface area (Å²) in [6.07, 6.45) is 4.14. The van der Waals surface area contributed by atoms with Gasteiger partial charge in [-0.1, -0.05) is 25.1 Å². The zero-order valence-electron chi connectivity index (χ0n) is 17.2. The van der Waals surface area contributed by atoms with Gasteiger partial charge in [-0.05, 0) is 61.6 Å². The molecule has 6 nitrogen and oxygen atoms in total. The van der Waals surface area contributed by atoms with Gasteiger partial charge in [-0.25, -0.2) is 4.79 Å². The third kappa shape index (κ3) is 3.38. The number of fused-ring (bicyclic) bond motifs is 2. The van der Waals surface area contributed by atoms with E-state index in [-0.39, 0.29) is 23.7 Å². The smallest absolute Gasteiger partial charge is 0.343 e. The Labute approximate surface area is 179 Å². The maximum atomic E-state index is 12.9. The molecule has 2 aromatic carbocycles. The van der Waals surface area contributed by atoms with Gasteiger partial charge in [-0.3, -0.25) is 19.5 Å². The van der Waals surface area contributed by atoms with E-state index in [9.17, 15) is 14.4 Å². The Hall–Kier alpha value is -3.54. The minimum atomic E-state index is -0.522. The molecule has 0 radical (unpaired) electrons. The van der Waals surface area contributed by atoms with Crippen molar-refractivity contribution in [3.8, 4) is 5.75 Å². The minimum Gasteiger partial charge on any atom is -0.421 e. The van der Waals surface area contributed by atoms with Crippen LogP contribution in [0.2, 0.25) is 0 Å². The number of pyridine rings is 1. The van der Waals surface area contributed by atoms with Gasteiger partial charge >= 0.3 is 5.97 Å². The maximum absolute atomic E-state index is 12.9. The highest BCUT2D eigenvalue weighted by atomic mass is 16.5. The molecule has 0 N–H and O–H groups in total. The van der Waals surface area contributed by atoms with Crippen molar-refractivity contribution in [2.24, 2.45) is 17.8 Å². The van der Waals surface area contributed by atoms with Crippen LogP contribution in [0.3, 0.4) is 0 Å². The summed E-state index contributed by atoms with van der Waals surface area (Å²) in [5.41, 5.74) is 1.45. The van der Waals surface area contributed by atoms with Crippen molar-refractivity contribution in [3.63, 3.8) is 0 Å². The summed E-state index contributed by atoms with van der Waals surface area (Å²) in [6.45, 7) is 2.13. The first-order valence-electron chi connectivity index (χ1n) is 10.6. The molecule has 31 heavy (non-hydrogen) atoms. The van der Waals surface area contributed by atoms with Crippen molar-refractivity contribution in [2.45, 2.75) is 26.2 Å². The van der Waals surface area contributed by atoms with E-state index in [1.807, 2.05) is 18.2 Å². The lowest BCUT2D eigenvalue weighted by atomic mass is 9.76. The first-order valence-corrected chi connectivity index (χ1v) is 10.6. The van der Waals surface area contributed by atoms with Gasteiger partial charge in [0.05, 0.1) is 23.1 Å². The van der Waals surface area contributed by atoms with E-state index in [1.165, 1.54) is 4.90 Å². The van der Waals surface area contributed by atoms with Gasteiger partial charge in [-0.15, -0.1) is 0 Å². The number of hydrogen-bond donors (Lipinski definition) is 0. The molecule has 1 saturated heterocycles. The molecule has 2 amide bonds. The van der Waals surface area contributed by atoms with Crippen LogP contribution in [0.15, 0.2) is 60.8 Å². The van der Waals surface area contributed by atoms with Gasteiger partial charge in [0.2, 0.25) is 11.8 Å². The normalized spacial score (nSPS) is 23.1. The van der Waals surface area contributed by atoms with Gasteiger partial charge in [0.1, 0.15) is 5.52 Å². The van der Waals surface area contributed by atoms with Gasteiger partial charge in [0, 0.05) is 11.6 Å². The van der Waals surface area contributed by atoms with Gasteiger partial charge in [-0.2, -0.15) is 0 Å². The third-order valence-electron chi connectivity index (χ3n) is 6.35. The Morgan fingerprint density at radius 1 is 0.968 bits per heavy atom. The fraction of sp³-hybridized carbons (Fsp3) is 0.280. The molecule has 1 aromatic heterocycles. The number of amides is 2. The second kappa shape index (κ2) is 7.61. The van der Waals surface area contributed by atoms with Gasteiger partial charge in [0.15, 0.2) is 5.75 Å². The summed E-state index contributed by atoms with van der Waals surface area (Å²) in [6, 6.07) is 15.6. The van der Waals surface area contributed by atoms with Gasteiger partial charge < -0.3 is 4.74 Å². The van der Waals surface area contributed by atoms with E-state index >= 15 is 0 Å². The van der Waals surface area contributed by atoms with E-state index in [0.29, 0.717) is 28.4 Å². The van der Waals surface area contributed by atoms with Crippen molar-refractivity contribution in [1.82, 2.24) is 4.98 Å². The Morgan fingerprint density at radius 3 is 2.52 bits per heavy atom. The van der Waals surface area contributed by atoms with Crippen LogP contribution in [0.25, 0.3) is 10.9 Å². The van der Waals surface area contributed by atoms with Crippen molar-refractivity contribution in [1.29, 1.82) is 0 Å². The number of ether oxygens (including phenoxy) is 1. The Bertz CT molecular complexity index is 1180. The quantitative estimate of drug-likeness (QED) is 0.361. The number of hydrogen-bond acceptors (Lipinski definition) is 5. The summed E-state index contributed by atoms with van der Waals surface area (Å²) in [5, 5.41) is 0.880. The minimum absolute atomic E-state index is 0.126. The number of aromatic nitrogens is 1. The molecule has 1 aliphatic carbocycles. The molecule has 0 unspecified atom stereocenters. The van der Waals surface area contributed by atoms with Crippen molar-refractivity contribution in [2.75, 3.05) is 4.90 Å². The first kappa shape index (κ1) is 19.4. The van der Waals surface area contributed by atoms with E-state index in [1.54, 1.807) is 42.6 Å². The number of para-hydroxylation sites is 1. The summed E-state index contributed by atoms with van der Waals surface area (Å²) in [4.78, 5) is 44.0. The van der Waals surface area contributed by atoms with Crippen LogP contribution in [0.1, 0.15) is 36.5 Å². The number of esters is 1. The molecular weight excluding hydrogens is 392 g/mol. The standard InChI is InChI=1S/C25H22N2O4/c1-15-7-12-19-20(14-15)24(29)27(23(19)28)18-10-8-17(9-11-18)25(30)31-21-6-2-4-16-5-3-13-26-22(16)21/h2-6,8-11,13,15,19-20H,7,12,14H2,1H3/t15-,19+,20-/m1/s1. The SMILES string of the molecule is C[C@@H]1CC[C@@H]2C(=O)N(c3ccc(C(=O)Oc4cccc5cccnc45)cc3)C(=O)[C@@H]2C1. The van der Waals surface area contributed by atoms with Crippen LogP contribution in [0.5, 0.6) is 5.75 Å². The average molecular weight is 414 g/mol. The number of nitrogens with zero attached hydrogens (tertiary/aromatic N) is 2. The molecular formula is C25H22N2O4. The monoisotopic (exact) mass is 414 g/mol. The molecule has 2 heterocycles. The summed E-state index contributed by atoms with van der Waals surface area (Å²) < 4.78 is 5.56. The van der Waals surface area contributed by atoms with Crippen LogP contribution in [-0.2, 0) is 9.59 Å². The lowest BCUT2D eigenvalue weighted by Crippen LogP contribution is -2.30. The predicted molar refractivity (Wildman–Crippen MR) is 116 cm³/mol. The largest absolute Gasteiger partial charge is 0.421 e. The molecule has 156 valence electrons. The molecule has 1 aliphatic heterocycles. The van der Waals surface area contributed by atoms with Crippen LogP contribution in [0, 0.1) is 17.8 Å².